The molecule has 0 aromatic rings. The van der Waals surface area contributed by atoms with Crippen molar-refractivity contribution in [3.8, 4) is 0 Å². The fraction of sp³-hybridized carbons (Fsp3) is 0.786. The van der Waals surface area contributed by atoms with Crippen molar-refractivity contribution in [1.82, 2.24) is 5.32 Å². The number of amides is 1. The number of nitrogens with two attached hydrogens (primary N) is 2. The van der Waals surface area contributed by atoms with Gasteiger partial charge in [0.15, 0.2) is 0 Å². The molecular formula is C14H23N3O5Pt. The first-order valence-corrected chi connectivity index (χ1v) is 7.40. The summed E-state index contributed by atoms with van der Waals surface area (Å²) in [6, 6.07) is 0.562. The van der Waals surface area contributed by atoms with Crippen molar-refractivity contribution in [2.45, 2.75) is 57.2 Å². The van der Waals surface area contributed by atoms with Gasteiger partial charge in [0.05, 0.1) is 17.9 Å². The number of carboxylic acid groups (broad SMARTS) is 2. The van der Waals surface area contributed by atoms with E-state index < -0.39 is 35.2 Å². The topological polar surface area (TPSA) is 161 Å². The molecule has 0 spiro atoms. The second kappa shape index (κ2) is 8.75. The van der Waals surface area contributed by atoms with Crippen LogP contribution >= 0.6 is 0 Å². The minimum atomic E-state index is -2.36. The van der Waals surface area contributed by atoms with E-state index in [1.165, 1.54) is 12.8 Å². The van der Waals surface area contributed by atoms with Crippen molar-refractivity contribution in [3.05, 3.63) is 0 Å². The Hall–Kier alpha value is -0.982. The van der Waals surface area contributed by atoms with Crippen molar-refractivity contribution in [2.75, 3.05) is 0 Å². The Balaban J connectivity index is 0.000000460. The maximum Gasteiger partial charge on any atom is 2.00 e. The average molecular weight is 508 g/mol. The van der Waals surface area contributed by atoms with Gasteiger partial charge in [-0.25, -0.2) is 0 Å². The van der Waals surface area contributed by atoms with E-state index in [1.807, 2.05) is 5.32 Å². The zero-order valence-electron chi connectivity index (χ0n) is 13.1. The van der Waals surface area contributed by atoms with E-state index >= 15 is 0 Å². The van der Waals surface area contributed by atoms with Crippen LogP contribution in [0.15, 0.2) is 0 Å². The molecule has 1 unspecified atom stereocenters. The van der Waals surface area contributed by atoms with Crippen molar-refractivity contribution >= 4 is 17.8 Å². The van der Waals surface area contributed by atoms with Crippen LogP contribution in [0.2, 0.25) is 0 Å². The number of rotatable bonds is 3. The second-order valence-electron chi connectivity index (χ2n) is 6.21. The summed E-state index contributed by atoms with van der Waals surface area (Å²) in [7, 11) is 0. The monoisotopic (exact) mass is 508 g/mol. The summed E-state index contributed by atoms with van der Waals surface area (Å²) in [5.74, 6) is -5.81. The van der Waals surface area contributed by atoms with Crippen molar-refractivity contribution in [1.29, 1.82) is 0 Å². The van der Waals surface area contributed by atoms with Gasteiger partial charge in [0.2, 0.25) is 5.91 Å². The van der Waals surface area contributed by atoms with Crippen molar-refractivity contribution in [2.24, 2.45) is 23.3 Å². The van der Waals surface area contributed by atoms with Crippen LogP contribution in [0.25, 0.3) is 0 Å². The average Bonchev–Trinajstić information content (AvgIpc) is 2.38. The largest absolute Gasteiger partial charge is 2.00 e. The fourth-order valence-corrected chi connectivity index (χ4v) is 2.90. The first kappa shape index (κ1) is 22.0. The molecule has 23 heavy (non-hydrogen) atoms. The van der Waals surface area contributed by atoms with Crippen LogP contribution in [-0.4, -0.2) is 35.5 Å². The van der Waals surface area contributed by atoms with Crippen molar-refractivity contribution < 1.29 is 45.7 Å². The summed E-state index contributed by atoms with van der Waals surface area (Å²) in [4.78, 5) is 32.3. The van der Waals surface area contributed by atoms with E-state index in [0.717, 1.165) is 12.8 Å². The van der Waals surface area contributed by atoms with Gasteiger partial charge in [0, 0.05) is 12.1 Å². The normalized spacial score (nSPS) is 28.4. The molecule has 0 bridgehead atoms. The van der Waals surface area contributed by atoms with Gasteiger partial charge in [-0.1, -0.05) is 26.7 Å². The zero-order chi connectivity index (χ0) is 17.1. The quantitative estimate of drug-likeness (QED) is 0.268. The van der Waals surface area contributed by atoms with Crippen LogP contribution in [0, 0.1) is 11.8 Å². The molecule has 8 nitrogen and oxygen atoms in total. The summed E-state index contributed by atoms with van der Waals surface area (Å²) in [5.41, 5.74) is 8.95. The molecule has 0 aromatic heterocycles. The van der Waals surface area contributed by atoms with E-state index in [4.69, 9.17) is 11.5 Å². The number of carboxylic acids is 2. The molecule has 1 saturated carbocycles. The third-order valence-electron chi connectivity index (χ3n) is 4.25. The number of hydrogen-bond acceptors (Lipinski definition) is 7. The van der Waals surface area contributed by atoms with Gasteiger partial charge >= 0.3 is 21.1 Å². The third-order valence-corrected chi connectivity index (χ3v) is 4.25. The maximum absolute atomic E-state index is 11.0. The minimum absolute atomic E-state index is 0. The van der Waals surface area contributed by atoms with E-state index in [-0.39, 0.29) is 33.1 Å². The summed E-state index contributed by atoms with van der Waals surface area (Å²) < 4.78 is 0. The molecule has 2 rings (SSSR count). The summed E-state index contributed by atoms with van der Waals surface area (Å²) in [6.45, 7) is 3.12. The molecule has 0 radical (unpaired) electrons. The first-order valence-electron chi connectivity index (χ1n) is 7.40. The number of carbonyl (C=O) groups is 3. The van der Waals surface area contributed by atoms with Gasteiger partial charge in [0.1, 0.15) is 5.54 Å². The Kier molecular flexibility index (Phi) is 8.38. The molecule has 5 N–H and O–H groups in total. The number of nitrogens with one attached hydrogen (secondary N) is 1. The molecule has 134 valence electrons. The van der Waals surface area contributed by atoms with E-state index in [1.54, 1.807) is 13.8 Å². The first-order chi connectivity index (χ1) is 10.1. The smallest absolute Gasteiger partial charge is 0.547 e. The summed E-state index contributed by atoms with van der Waals surface area (Å²) in [6.07, 6.45) is 4.80. The van der Waals surface area contributed by atoms with E-state index in [9.17, 15) is 24.6 Å². The predicted molar refractivity (Wildman–Crippen MR) is 73.6 cm³/mol. The van der Waals surface area contributed by atoms with Gasteiger partial charge in [0.25, 0.3) is 0 Å². The number of aliphatic carboxylic acids is 2. The van der Waals surface area contributed by atoms with E-state index in [0.29, 0.717) is 0 Å². The third kappa shape index (κ3) is 4.52. The van der Waals surface area contributed by atoms with Crippen molar-refractivity contribution in [3.63, 3.8) is 0 Å². The Morgan fingerprint density at radius 2 is 1.52 bits per heavy atom. The SMILES string of the molecule is CC(C)C1C(=O)NC1(C(=O)[O-])C(=O)[O-].N[C@@H]1CCCC[C@H]1N.[Pt+2]. The molecule has 1 amide bonds. The Morgan fingerprint density at radius 3 is 1.70 bits per heavy atom. The standard InChI is InChI=1S/C8H11NO5.C6H14N2.Pt/c1-3(2)4-5(10)9-8(4,6(11)12)7(13)14;7-5-3-1-2-4-6(5)8;/h3-4H,1-2H3,(H,9,10)(H,11,12)(H,13,14);5-6H,1-4,7-8H2;/q;;+2/p-2/t;5-,6-;/m.1./s1. The molecule has 2 aliphatic rings. The number of β-lactam (4-membered cyclic amide) rings is 1. The van der Waals surface area contributed by atoms with Gasteiger partial charge in [-0.2, -0.15) is 0 Å². The van der Waals surface area contributed by atoms with Gasteiger partial charge in [-0.3, -0.25) is 4.79 Å². The van der Waals surface area contributed by atoms with Gasteiger partial charge in [-0.05, 0) is 18.8 Å². The van der Waals surface area contributed by atoms with Crippen LogP contribution in [0.1, 0.15) is 39.5 Å². The van der Waals surface area contributed by atoms with Crippen LogP contribution in [-0.2, 0) is 35.4 Å². The van der Waals surface area contributed by atoms with Crippen LogP contribution in [0.5, 0.6) is 0 Å². The number of carbonyl (C=O) groups excluding carboxylic acids is 3. The second-order valence-corrected chi connectivity index (χ2v) is 6.21. The van der Waals surface area contributed by atoms with Crippen LogP contribution < -0.4 is 27.0 Å². The summed E-state index contributed by atoms with van der Waals surface area (Å²) >= 11 is 0. The summed E-state index contributed by atoms with van der Waals surface area (Å²) in [5, 5.41) is 23.1. The Labute approximate surface area is 149 Å². The van der Waals surface area contributed by atoms with Crippen LogP contribution in [0.4, 0.5) is 0 Å². The van der Waals surface area contributed by atoms with E-state index in [2.05, 4.69) is 0 Å². The molecular weight excluding hydrogens is 485 g/mol. The van der Waals surface area contributed by atoms with Crippen LogP contribution in [0.3, 0.4) is 0 Å². The Bertz CT molecular complexity index is 434. The minimum Gasteiger partial charge on any atom is -0.547 e. The number of hydrogen-bond donors (Lipinski definition) is 3. The Morgan fingerprint density at radius 1 is 1.13 bits per heavy atom. The molecule has 1 aliphatic heterocycles. The van der Waals surface area contributed by atoms with Gasteiger partial charge in [-0.15, -0.1) is 0 Å². The maximum atomic E-state index is 11.0. The molecule has 1 aliphatic carbocycles. The fourth-order valence-electron chi connectivity index (χ4n) is 2.90. The molecule has 9 heteroatoms. The molecule has 1 heterocycles. The molecule has 1 saturated heterocycles. The van der Waals surface area contributed by atoms with Gasteiger partial charge < -0.3 is 36.6 Å². The molecule has 0 aromatic carbocycles. The molecule has 3 atom stereocenters. The predicted octanol–water partition coefficient (Wildman–Crippen LogP) is -3.16. The molecule has 2 fully saturated rings. The zero-order valence-corrected chi connectivity index (χ0v) is 15.4.